The fraction of sp³-hybridized carbons (Fsp3) is 0. The number of hydrogen-bond acceptors (Lipinski definition) is 3. The number of carbonyl (C=O) groups excluding carboxylic acids is 1. The molecule has 1 N–H and O–H groups in total. The zero-order valence-corrected chi connectivity index (χ0v) is 10.7. The van der Waals surface area contributed by atoms with Gasteiger partial charge in [-0.15, -0.1) is 0 Å². The largest absolute Gasteiger partial charge is 0.318 e. The molecule has 21 heavy (non-hydrogen) atoms. The van der Waals surface area contributed by atoms with E-state index in [4.69, 9.17) is 0 Å². The van der Waals surface area contributed by atoms with Crippen LogP contribution in [0.1, 0.15) is 10.4 Å². The predicted molar refractivity (Wildman–Crippen MR) is 73.8 cm³/mol. The molecule has 0 unspecified atom stereocenters. The number of rotatable bonds is 2. The Morgan fingerprint density at radius 2 is 1.90 bits per heavy atom. The molecule has 4 nitrogen and oxygen atoms in total. The first-order chi connectivity index (χ1) is 10.1. The summed E-state index contributed by atoms with van der Waals surface area (Å²) in [5.41, 5.74) is 0.828. The number of amides is 1. The van der Waals surface area contributed by atoms with Crippen LogP contribution in [-0.2, 0) is 0 Å². The molecule has 2 heterocycles. The lowest BCUT2D eigenvalue weighted by Gasteiger charge is -2.08. The van der Waals surface area contributed by atoms with Gasteiger partial charge in [-0.1, -0.05) is 12.1 Å². The zero-order valence-electron chi connectivity index (χ0n) is 10.7. The van der Waals surface area contributed by atoms with Gasteiger partial charge in [0.2, 0.25) is 11.9 Å². The molecule has 0 spiro atoms. The maximum atomic E-state index is 13.5. The first kappa shape index (κ1) is 13.1. The van der Waals surface area contributed by atoms with Gasteiger partial charge in [-0.25, -0.2) is 0 Å². The van der Waals surface area contributed by atoms with Crippen molar-refractivity contribution in [1.29, 1.82) is 0 Å². The molecule has 0 aliphatic heterocycles. The molecular formula is C15H9F2N3O. The highest BCUT2D eigenvalue weighted by atomic mass is 19.1. The Kier molecular flexibility index (Phi) is 3.27. The van der Waals surface area contributed by atoms with E-state index in [1.165, 1.54) is 0 Å². The number of halogens is 2. The van der Waals surface area contributed by atoms with Crippen molar-refractivity contribution < 1.29 is 13.6 Å². The SMILES string of the molecule is O=C(Nc1ccc(F)nc1F)c1cccc2ncccc12. The van der Waals surface area contributed by atoms with E-state index in [1.807, 2.05) is 0 Å². The van der Waals surface area contributed by atoms with Crippen LogP contribution in [0.5, 0.6) is 0 Å². The minimum absolute atomic E-state index is 0.178. The summed E-state index contributed by atoms with van der Waals surface area (Å²) in [5.74, 6) is -2.53. The lowest BCUT2D eigenvalue weighted by molar-refractivity contribution is 0.102. The Balaban J connectivity index is 1.97. The van der Waals surface area contributed by atoms with E-state index >= 15 is 0 Å². The first-order valence-corrected chi connectivity index (χ1v) is 6.12. The molecular weight excluding hydrogens is 276 g/mol. The molecule has 3 aromatic rings. The number of anilines is 1. The van der Waals surface area contributed by atoms with Crippen LogP contribution in [0.3, 0.4) is 0 Å². The Morgan fingerprint density at radius 1 is 1.05 bits per heavy atom. The van der Waals surface area contributed by atoms with Gasteiger partial charge in [0.15, 0.2) is 0 Å². The van der Waals surface area contributed by atoms with Crippen LogP contribution < -0.4 is 5.32 Å². The van der Waals surface area contributed by atoms with E-state index < -0.39 is 17.8 Å². The molecule has 6 heteroatoms. The molecule has 0 saturated carbocycles. The number of carbonyl (C=O) groups is 1. The van der Waals surface area contributed by atoms with Gasteiger partial charge in [0.1, 0.15) is 0 Å². The maximum Gasteiger partial charge on any atom is 0.256 e. The fourth-order valence-corrected chi connectivity index (χ4v) is 2.00. The lowest BCUT2D eigenvalue weighted by Crippen LogP contribution is -2.14. The molecule has 0 fully saturated rings. The predicted octanol–water partition coefficient (Wildman–Crippen LogP) is 3.16. The third-order valence-corrected chi connectivity index (χ3v) is 2.95. The van der Waals surface area contributed by atoms with Crippen molar-refractivity contribution in [3.8, 4) is 0 Å². The molecule has 0 atom stereocenters. The summed E-state index contributed by atoms with van der Waals surface area (Å²) in [7, 11) is 0. The van der Waals surface area contributed by atoms with E-state index in [0.29, 0.717) is 16.5 Å². The van der Waals surface area contributed by atoms with Gasteiger partial charge in [0, 0.05) is 17.1 Å². The van der Waals surface area contributed by atoms with Crippen LogP contribution in [0, 0.1) is 11.9 Å². The van der Waals surface area contributed by atoms with Gasteiger partial charge in [-0.05, 0) is 30.3 Å². The van der Waals surface area contributed by atoms with Crippen molar-refractivity contribution in [1.82, 2.24) is 9.97 Å². The van der Waals surface area contributed by atoms with E-state index in [9.17, 15) is 13.6 Å². The number of nitrogens with zero attached hydrogens (tertiary/aromatic N) is 2. The molecule has 1 amide bonds. The molecule has 2 aromatic heterocycles. The Hall–Kier alpha value is -2.89. The van der Waals surface area contributed by atoms with E-state index in [2.05, 4.69) is 15.3 Å². The highest BCUT2D eigenvalue weighted by Crippen LogP contribution is 2.19. The van der Waals surface area contributed by atoms with E-state index in [0.717, 1.165) is 12.1 Å². The van der Waals surface area contributed by atoms with E-state index in [-0.39, 0.29) is 5.69 Å². The van der Waals surface area contributed by atoms with Crippen LogP contribution >= 0.6 is 0 Å². The number of hydrogen-bond donors (Lipinski definition) is 1. The summed E-state index contributed by atoms with van der Waals surface area (Å²) in [6.45, 7) is 0. The van der Waals surface area contributed by atoms with Gasteiger partial charge in [0.25, 0.3) is 5.91 Å². The molecule has 0 saturated heterocycles. The third kappa shape index (κ3) is 2.55. The van der Waals surface area contributed by atoms with Gasteiger partial charge < -0.3 is 5.32 Å². The van der Waals surface area contributed by atoms with Crippen molar-refractivity contribution in [2.75, 3.05) is 5.32 Å². The normalized spacial score (nSPS) is 10.6. The Bertz CT molecular complexity index is 831. The Morgan fingerprint density at radius 3 is 2.71 bits per heavy atom. The number of nitrogens with one attached hydrogen (secondary N) is 1. The molecule has 3 rings (SSSR count). The standard InChI is InChI=1S/C15H9F2N3O/c16-13-7-6-12(14(17)20-13)19-15(21)10-3-1-5-11-9(10)4-2-8-18-11/h1-8H,(H,19,21). The highest BCUT2D eigenvalue weighted by Gasteiger charge is 2.13. The van der Waals surface area contributed by atoms with Gasteiger partial charge in [-0.3, -0.25) is 9.78 Å². The first-order valence-electron chi connectivity index (χ1n) is 6.12. The van der Waals surface area contributed by atoms with Gasteiger partial charge in [0.05, 0.1) is 11.2 Å². The van der Waals surface area contributed by atoms with Crippen LogP contribution in [0.4, 0.5) is 14.5 Å². The van der Waals surface area contributed by atoms with Crippen molar-refractivity contribution in [2.24, 2.45) is 0 Å². The molecule has 0 aliphatic carbocycles. The lowest BCUT2D eigenvalue weighted by atomic mass is 10.1. The van der Waals surface area contributed by atoms with Crippen molar-refractivity contribution in [3.05, 3.63) is 66.1 Å². The summed E-state index contributed by atoms with van der Waals surface area (Å²) < 4.78 is 26.2. The van der Waals surface area contributed by atoms with Gasteiger partial charge in [-0.2, -0.15) is 13.8 Å². The number of fused-ring (bicyclic) bond motifs is 1. The monoisotopic (exact) mass is 285 g/mol. The maximum absolute atomic E-state index is 13.5. The third-order valence-electron chi connectivity index (χ3n) is 2.95. The smallest absolute Gasteiger partial charge is 0.256 e. The average molecular weight is 285 g/mol. The molecule has 0 bridgehead atoms. The summed E-state index contributed by atoms with van der Waals surface area (Å²) in [6.07, 6.45) is 1.62. The number of aromatic nitrogens is 2. The molecule has 104 valence electrons. The quantitative estimate of drug-likeness (QED) is 0.736. The van der Waals surface area contributed by atoms with Crippen LogP contribution in [0.2, 0.25) is 0 Å². The second kappa shape index (κ2) is 5.24. The minimum atomic E-state index is -1.07. The summed E-state index contributed by atoms with van der Waals surface area (Å²) in [4.78, 5) is 19.4. The topological polar surface area (TPSA) is 54.9 Å². The van der Waals surface area contributed by atoms with Crippen LogP contribution in [0.25, 0.3) is 10.9 Å². The van der Waals surface area contributed by atoms with Crippen LogP contribution in [0.15, 0.2) is 48.7 Å². The van der Waals surface area contributed by atoms with Crippen LogP contribution in [-0.4, -0.2) is 15.9 Å². The molecule has 0 aliphatic rings. The van der Waals surface area contributed by atoms with Crippen molar-refractivity contribution in [2.45, 2.75) is 0 Å². The summed E-state index contributed by atoms with van der Waals surface area (Å²) in [6, 6.07) is 10.6. The zero-order chi connectivity index (χ0) is 14.8. The van der Waals surface area contributed by atoms with Crippen molar-refractivity contribution >= 4 is 22.5 Å². The second-order valence-electron chi connectivity index (χ2n) is 4.30. The summed E-state index contributed by atoms with van der Waals surface area (Å²) in [5, 5.41) is 3.02. The number of pyridine rings is 2. The average Bonchev–Trinajstić information content (AvgIpc) is 2.49. The fourth-order valence-electron chi connectivity index (χ4n) is 2.00. The van der Waals surface area contributed by atoms with Gasteiger partial charge >= 0.3 is 0 Å². The molecule has 1 aromatic carbocycles. The Labute approximate surface area is 118 Å². The summed E-state index contributed by atoms with van der Waals surface area (Å²) >= 11 is 0. The minimum Gasteiger partial charge on any atom is -0.318 e. The molecule has 0 radical (unpaired) electrons. The highest BCUT2D eigenvalue weighted by molar-refractivity contribution is 6.12. The van der Waals surface area contributed by atoms with Crippen molar-refractivity contribution in [3.63, 3.8) is 0 Å². The van der Waals surface area contributed by atoms with E-state index in [1.54, 1.807) is 36.5 Å². The number of benzene rings is 1. The second-order valence-corrected chi connectivity index (χ2v) is 4.30.